The zero-order valence-electron chi connectivity index (χ0n) is 14.7. The highest BCUT2D eigenvalue weighted by molar-refractivity contribution is 7.92. The average molecular weight is 355 g/mol. The summed E-state index contributed by atoms with van der Waals surface area (Å²) >= 11 is 0. The number of rotatable bonds is 6. The molecule has 1 aliphatic carbocycles. The molecule has 0 radical (unpaired) electrons. The van der Waals surface area contributed by atoms with E-state index in [0.29, 0.717) is 12.5 Å². The van der Waals surface area contributed by atoms with Gasteiger partial charge in [-0.3, -0.25) is 4.99 Å². The summed E-state index contributed by atoms with van der Waals surface area (Å²) in [6, 6.07) is 6.85. The Morgan fingerprint density at radius 1 is 1.29 bits per heavy atom. The number of halogens is 1. The van der Waals surface area contributed by atoms with Crippen molar-refractivity contribution < 1.29 is 12.8 Å². The van der Waals surface area contributed by atoms with Crippen LogP contribution in [-0.2, 0) is 15.3 Å². The molecular weight excluding hydrogens is 329 g/mol. The molecule has 1 saturated carbocycles. The van der Waals surface area contributed by atoms with E-state index in [4.69, 9.17) is 0 Å². The van der Waals surface area contributed by atoms with Crippen molar-refractivity contribution in [3.63, 3.8) is 0 Å². The predicted octanol–water partition coefficient (Wildman–Crippen LogP) is 1.85. The van der Waals surface area contributed by atoms with Gasteiger partial charge in [0.15, 0.2) is 15.8 Å². The second kappa shape index (κ2) is 6.70. The van der Waals surface area contributed by atoms with E-state index in [1.807, 2.05) is 12.1 Å². The van der Waals surface area contributed by atoms with Gasteiger partial charge in [-0.15, -0.1) is 0 Å². The van der Waals surface area contributed by atoms with Gasteiger partial charge in [-0.1, -0.05) is 18.2 Å². The SMILES string of the molecule is CN=C(NCC1(c2ccccc2F)CC1)NCC(C)(C)S(C)(=O)=O. The van der Waals surface area contributed by atoms with Crippen LogP contribution >= 0.6 is 0 Å². The second-order valence-corrected chi connectivity index (χ2v) is 9.72. The molecule has 0 unspecified atom stereocenters. The van der Waals surface area contributed by atoms with E-state index in [9.17, 15) is 12.8 Å². The molecule has 0 amide bonds. The monoisotopic (exact) mass is 355 g/mol. The van der Waals surface area contributed by atoms with Gasteiger partial charge < -0.3 is 10.6 Å². The van der Waals surface area contributed by atoms with Crippen LogP contribution in [-0.4, -0.2) is 45.5 Å². The maximum Gasteiger partial charge on any atom is 0.191 e. The van der Waals surface area contributed by atoms with Gasteiger partial charge in [-0.05, 0) is 38.3 Å². The zero-order valence-corrected chi connectivity index (χ0v) is 15.5. The van der Waals surface area contributed by atoms with Crippen LogP contribution in [0.2, 0.25) is 0 Å². The highest BCUT2D eigenvalue weighted by atomic mass is 32.2. The molecule has 0 spiro atoms. The Bertz CT molecular complexity index is 725. The molecule has 134 valence electrons. The number of hydrogen-bond acceptors (Lipinski definition) is 3. The van der Waals surface area contributed by atoms with E-state index in [-0.39, 0.29) is 17.8 Å². The largest absolute Gasteiger partial charge is 0.356 e. The summed E-state index contributed by atoms with van der Waals surface area (Å²) in [5.41, 5.74) is 0.527. The van der Waals surface area contributed by atoms with E-state index < -0.39 is 14.6 Å². The number of sulfone groups is 1. The summed E-state index contributed by atoms with van der Waals surface area (Å²) in [6.07, 6.45) is 3.07. The molecule has 0 heterocycles. The van der Waals surface area contributed by atoms with Crippen molar-refractivity contribution in [2.75, 3.05) is 26.4 Å². The highest BCUT2D eigenvalue weighted by Gasteiger charge is 2.45. The quantitative estimate of drug-likeness (QED) is 0.603. The molecule has 24 heavy (non-hydrogen) atoms. The van der Waals surface area contributed by atoms with Crippen molar-refractivity contribution in [3.8, 4) is 0 Å². The molecular formula is C17H26FN3O2S. The standard InChI is InChI=1S/C17H26FN3O2S/c1-16(2,24(4,22)23)11-20-15(19-3)21-12-17(9-10-17)13-7-5-6-8-14(13)18/h5-8H,9-12H2,1-4H3,(H2,19,20,21). The zero-order chi connectivity index (χ0) is 18.0. The molecule has 5 nitrogen and oxygen atoms in total. The van der Waals surface area contributed by atoms with E-state index >= 15 is 0 Å². The summed E-state index contributed by atoms with van der Waals surface area (Å²) in [5.74, 6) is 0.340. The minimum atomic E-state index is -3.18. The Labute approximate surface area is 143 Å². The summed E-state index contributed by atoms with van der Waals surface area (Å²) in [5, 5.41) is 6.25. The highest BCUT2D eigenvalue weighted by Crippen LogP contribution is 2.48. The first kappa shape index (κ1) is 18.7. The lowest BCUT2D eigenvalue weighted by atomic mass is 9.95. The lowest BCUT2D eigenvalue weighted by Gasteiger charge is -2.25. The van der Waals surface area contributed by atoms with Crippen LogP contribution in [0.15, 0.2) is 29.3 Å². The third-order valence-corrected chi connectivity index (χ3v) is 6.95. The molecule has 1 aromatic rings. The molecule has 0 aliphatic heterocycles. The fraction of sp³-hybridized carbons (Fsp3) is 0.588. The molecule has 0 bridgehead atoms. The summed E-state index contributed by atoms with van der Waals surface area (Å²) < 4.78 is 36.7. The van der Waals surface area contributed by atoms with Crippen molar-refractivity contribution in [3.05, 3.63) is 35.6 Å². The van der Waals surface area contributed by atoms with Gasteiger partial charge in [-0.2, -0.15) is 0 Å². The average Bonchev–Trinajstić information content (AvgIpc) is 3.27. The summed E-state index contributed by atoms with van der Waals surface area (Å²) in [7, 11) is -1.55. The maximum absolute atomic E-state index is 14.0. The van der Waals surface area contributed by atoms with Crippen molar-refractivity contribution in [1.29, 1.82) is 0 Å². The van der Waals surface area contributed by atoms with Crippen LogP contribution in [0.4, 0.5) is 4.39 Å². The number of benzene rings is 1. The van der Waals surface area contributed by atoms with Gasteiger partial charge in [0, 0.05) is 31.8 Å². The van der Waals surface area contributed by atoms with Gasteiger partial charge in [0.25, 0.3) is 0 Å². The maximum atomic E-state index is 14.0. The van der Waals surface area contributed by atoms with Crippen LogP contribution in [0, 0.1) is 5.82 Å². The van der Waals surface area contributed by atoms with Crippen molar-refractivity contribution in [1.82, 2.24) is 10.6 Å². The normalized spacial score (nSPS) is 17.5. The number of guanidine groups is 1. The Morgan fingerprint density at radius 2 is 1.92 bits per heavy atom. The number of nitrogens with zero attached hydrogens (tertiary/aromatic N) is 1. The minimum Gasteiger partial charge on any atom is -0.356 e. The van der Waals surface area contributed by atoms with Crippen LogP contribution in [0.1, 0.15) is 32.3 Å². The molecule has 1 aliphatic rings. The second-order valence-electron chi connectivity index (χ2n) is 7.07. The van der Waals surface area contributed by atoms with E-state index in [2.05, 4.69) is 15.6 Å². The van der Waals surface area contributed by atoms with E-state index in [1.165, 1.54) is 12.3 Å². The summed E-state index contributed by atoms with van der Waals surface area (Å²) in [4.78, 5) is 4.13. The third-order valence-electron chi connectivity index (χ3n) is 4.80. The molecule has 0 aromatic heterocycles. The van der Waals surface area contributed by atoms with Crippen LogP contribution in [0.3, 0.4) is 0 Å². The smallest absolute Gasteiger partial charge is 0.191 e. The predicted molar refractivity (Wildman–Crippen MR) is 95.6 cm³/mol. The first-order chi connectivity index (χ1) is 11.1. The lowest BCUT2D eigenvalue weighted by Crippen LogP contribution is -2.49. The minimum absolute atomic E-state index is 0.182. The van der Waals surface area contributed by atoms with Crippen molar-refractivity contribution >= 4 is 15.8 Å². The summed E-state index contributed by atoms with van der Waals surface area (Å²) in [6.45, 7) is 4.15. The van der Waals surface area contributed by atoms with Gasteiger partial charge >= 0.3 is 0 Å². The molecule has 1 aromatic carbocycles. The topological polar surface area (TPSA) is 70.6 Å². The van der Waals surface area contributed by atoms with Crippen LogP contribution in [0.5, 0.6) is 0 Å². The van der Waals surface area contributed by atoms with Gasteiger partial charge in [-0.25, -0.2) is 12.8 Å². The van der Waals surface area contributed by atoms with Crippen molar-refractivity contribution in [2.24, 2.45) is 4.99 Å². The molecule has 2 N–H and O–H groups in total. The Balaban J connectivity index is 1.97. The molecule has 2 rings (SSSR count). The Morgan fingerprint density at radius 3 is 2.42 bits per heavy atom. The molecule has 0 saturated heterocycles. The van der Waals surface area contributed by atoms with E-state index in [0.717, 1.165) is 18.4 Å². The number of nitrogens with one attached hydrogen (secondary N) is 2. The molecule has 1 fully saturated rings. The van der Waals surface area contributed by atoms with Crippen molar-refractivity contribution in [2.45, 2.75) is 36.9 Å². The third kappa shape index (κ3) is 4.06. The van der Waals surface area contributed by atoms with Crippen LogP contribution in [0.25, 0.3) is 0 Å². The Hall–Kier alpha value is -1.63. The van der Waals surface area contributed by atoms with Gasteiger partial charge in [0.1, 0.15) is 5.82 Å². The number of hydrogen-bond donors (Lipinski definition) is 2. The first-order valence-corrected chi connectivity index (χ1v) is 9.90. The fourth-order valence-corrected chi connectivity index (χ4v) is 2.82. The van der Waals surface area contributed by atoms with Crippen LogP contribution < -0.4 is 10.6 Å². The van der Waals surface area contributed by atoms with Gasteiger partial charge in [0.05, 0.1) is 4.75 Å². The van der Waals surface area contributed by atoms with E-state index in [1.54, 1.807) is 27.0 Å². The molecule has 0 atom stereocenters. The Kier molecular flexibility index (Phi) is 5.22. The number of aliphatic imine (C=N–C) groups is 1. The lowest BCUT2D eigenvalue weighted by molar-refractivity contribution is 0.539. The molecule has 7 heteroatoms. The first-order valence-electron chi connectivity index (χ1n) is 8.00. The van der Waals surface area contributed by atoms with Gasteiger partial charge in [0.2, 0.25) is 0 Å². The fourth-order valence-electron chi connectivity index (χ4n) is 2.48.